The van der Waals surface area contributed by atoms with Gasteiger partial charge >= 0.3 is 0 Å². The second-order valence-corrected chi connectivity index (χ2v) is 9.57. The van der Waals surface area contributed by atoms with E-state index in [4.69, 9.17) is 0 Å². The average molecular weight is 465 g/mol. The molecule has 0 bridgehead atoms. The minimum absolute atomic E-state index is 0.207. The lowest BCUT2D eigenvalue weighted by Gasteiger charge is -2.23. The molecule has 1 atom stereocenters. The van der Waals surface area contributed by atoms with E-state index >= 15 is 0 Å². The Morgan fingerprint density at radius 1 is 1.12 bits per heavy atom. The highest BCUT2D eigenvalue weighted by Crippen LogP contribution is 2.32. The summed E-state index contributed by atoms with van der Waals surface area (Å²) >= 11 is 1.55. The summed E-state index contributed by atoms with van der Waals surface area (Å²) < 4.78 is 16.0. The molecule has 1 N–H and O–H groups in total. The molecule has 5 rings (SSSR count). The molecule has 3 aromatic rings. The van der Waals surface area contributed by atoms with Crippen molar-refractivity contribution in [2.24, 2.45) is 0 Å². The zero-order valence-corrected chi connectivity index (χ0v) is 19.4. The van der Waals surface area contributed by atoms with Crippen LogP contribution in [0.15, 0.2) is 42.5 Å². The van der Waals surface area contributed by atoms with Crippen LogP contribution in [0.5, 0.6) is 0 Å². The molecule has 1 aliphatic heterocycles. The van der Waals surface area contributed by atoms with Crippen molar-refractivity contribution in [3.05, 3.63) is 76.4 Å². The number of anilines is 1. The van der Waals surface area contributed by atoms with E-state index in [0.29, 0.717) is 23.0 Å². The average Bonchev–Trinajstić information content (AvgIpc) is 3.53. The maximum Gasteiger partial charge on any atom is 0.276 e. The number of carbonyl (C=O) groups is 2. The van der Waals surface area contributed by atoms with Crippen LogP contribution in [0.2, 0.25) is 0 Å². The Morgan fingerprint density at radius 3 is 2.73 bits per heavy atom. The van der Waals surface area contributed by atoms with Crippen molar-refractivity contribution >= 4 is 29.3 Å². The molecule has 170 valence electrons. The molecular weight excluding hydrogens is 439 g/mol. The monoisotopic (exact) mass is 464 g/mol. The van der Waals surface area contributed by atoms with Crippen molar-refractivity contribution in [2.75, 3.05) is 16.9 Å². The van der Waals surface area contributed by atoms with Crippen molar-refractivity contribution in [3.8, 4) is 5.69 Å². The van der Waals surface area contributed by atoms with Gasteiger partial charge in [0.2, 0.25) is 5.91 Å². The highest BCUT2D eigenvalue weighted by molar-refractivity contribution is 7.99. The van der Waals surface area contributed by atoms with Crippen LogP contribution in [0.1, 0.15) is 39.3 Å². The van der Waals surface area contributed by atoms with Crippen LogP contribution in [-0.2, 0) is 17.6 Å². The summed E-state index contributed by atoms with van der Waals surface area (Å²) in [6, 6.07) is 11.6. The Morgan fingerprint density at radius 2 is 1.94 bits per heavy atom. The minimum atomic E-state index is -0.584. The van der Waals surface area contributed by atoms with Gasteiger partial charge in [-0.05, 0) is 68.5 Å². The molecule has 2 heterocycles. The summed E-state index contributed by atoms with van der Waals surface area (Å²) in [5.41, 5.74) is 5.39. The largest absolute Gasteiger partial charge is 0.324 e. The topological polar surface area (TPSA) is 67.2 Å². The van der Waals surface area contributed by atoms with E-state index in [1.807, 2.05) is 32.0 Å². The van der Waals surface area contributed by atoms with Gasteiger partial charge in [0.05, 0.1) is 5.88 Å². The molecule has 1 saturated heterocycles. The number of rotatable bonds is 4. The fourth-order valence-corrected chi connectivity index (χ4v) is 5.63. The number of carbonyl (C=O) groups excluding carboxylic acids is 2. The minimum Gasteiger partial charge on any atom is -0.324 e. The van der Waals surface area contributed by atoms with E-state index in [-0.39, 0.29) is 17.6 Å². The second-order valence-electron chi connectivity index (χ2n) is 8.57. The molecule has 6 nitrogen and oxygen atoms in total. The van der Waals surface area contributed by atoms with Crippen LogP contribution in [0.3, 0.4) is 0 Å². The molecule has 8 heteroatoms. The first-order chi connectivity index (χ1) is 15.9. The predicted molar refractivity (Wildman–Crippen MR) is 127 cm³/mol. The van der Waals surface area contributed by atoms with E-state index in [9.17, 15) is 14.0 Å². The number of aryl methyl sites for hydroxylation is 2. The second kappa shape index (κ2) is 8.67. The first-order valence-electron chi connectivity index (χ1n) is 11.1. The van der Waals surface area contributed by atoms with E-state index in [1.54, 1.807) is 39.5 Å². The molecular formula is C25H25FN4O2S. The van der Waals surface area contributed by atoms with Gasteiger partial charge in [-0.2, -0.15) is 5.10 Å². The number of hydrogen-bond acceptors (Lipinski definition) is 4. The maximum atomic E-state index is 14.5. The molecule has 0 radical (unpaired) electrons. The highest BCUT2D eigenvalue weighted by atomic mass is 32.2. The third-order valence-electron chi connectivity index (χ3n) is 6.43. The van der Waals surface area contributed by atoms with Crippen LogP contribution < -0.4 is 5.32 Å². The van der Waals surface area contributed by atoms with Crippen LogP contribution in [0.4, 0.5) is 10.1 Å². The smallest absolute Gasteiger partial charge is 0.276 e. The lowest BCUT2D eigenvalue weighted by molar-refractivity contribution is -0.119. The van der Waals surface area contributed by atoms with Crippen molar-refractivity contribution in [1.29, 1.82) is 0 Å². The number of aromatic nitrogens is 2. The van der Waals surface area contributed by atoms with Gasteiger partial charge < -0.3 is 10.2 Å². The number of nitrogens with one attached hydrogen (secondary N) is 1. The van der Waals surface area contributed by atoms with Gasteiger partial charge in [-0.3, -0.25) is 9.59 Å². The molecule has 2 amide bonds. The van der Waals surface area contributed by atoms with E-state index < -0.39 is 6.04 Å². The molecule has 1 aliphatic carbocycles. The Kier molecular flexibility index (Phi) is 5.70. The van der Waals surface area contributed by atoms with Crippen molar-refractivity contribution in [1.82, 2.24) is 14.7 Å². The number of thioether (sulfide) groups is 1. The van der Waals surface area contributed by atoms with Crippen LogP contribution in [-0.4, -0.2) is 44.2 Å². The fraction of sp³-hybridized carbons (Fsp3) is 0.320. The highest BCUT2D eigenvalue weighted by Gasteiger charge is 2.38. The Balaban J connectivity index is 1.42. The first-order valence-corrected chi connectivity index (χ1v) is 12.2. The standard InChI is InChI=1S/C25H25FN4O2S/c1-15-10-11-17(12-16(15)2)27-24(31)22-13-33-14-29(22)25(32)23-18-6-5-9-20(18)30(28-23)21-8-4-3-7-19(21)26/h3-4,7-8,10-12,22H,5-6,9,13-14H2,1-2H3,(H,27,31). The van der Waals surface area contributed by atoms with Gasteiger partial charge in [0.25, 0.3) is 5.91 Å². The van der Waals surface area contributed by atoms with Gasteiger partial charge in [0.15, 0.2) is 5.69 Å². The number of fused-ring (bicyclic) bond motifs is 1. The van der Waals surface area contributed by atoms with E-state index in [2.05, 4.69) is 10.4 Å². The fourth-order valence-electron chi connectivity index (χ4n) is 4.47. The summed E-state index contributed by atoms with van der Waals surface area (Å²) in [4.78, 5) is 28.2. The van der Waals surface area contributed by atoms with Crippen molar-refractivity contribution < 1.29 is 14.0 Å². The first kappa shape index (κ1) is 21.7. The molecule has 2 aromatic carbocycles. The molecule has 0 saturated carbocycles. The molecule has 2 aliphatic rings. The van der Waals surface area contributed by atoms with Crippen LogP contribution >= 0.6 is 11.8 Å². The van der Waals surface area contributed by atoms with Crippen LogP contribution in [0, 0.1) is 19.7 Å². The number of hydrogen-bond donors (Lipinski definition) is 1. The van der Waals surface area contributed by atoms with Gasteiger partial charge in [0.1, 0.15) is 17.5 Å². The van der Waals surface area contributed by atoms with E-state index in [0.717, 1.165) is 47.3 Å². The van der Waals surface area contributed by atoms with Gasteiger partial charge in [-0.15, -0.1) is 11.8 Å². The number of halogens is 1. The summed E-state index contributed by atoms with van der Waals surface area (Å²) in [6.07, 6.45) is 2.37. The van der Waals surface area contributed by atoms with Gasteiger partial charge in [0, 0.05) is 22.7 Å². The third-order valence-corrected chi connectivity index (χ3v) is 7.45. The Bertz CT molecular complexity index is 1260. The lowest BCUT2D eigenvalue weighted by Crippen LogP contribution is -2.45. The van der Waals surface area contributed by atoms with Crippen LogP contribution in [0.25, 0.3) is 5.69 Å². The zero-order chi connectivity index (χ0) is 23.1. The molecule has 33 heavy (non-hydrogen) atoms. The van der Waals surface area contributed by atoms with Crippen molar-refractivity contribution in [3.63, 3.8) is 0 Å². The molecule has 1 unspecified atom stereocenters. The molecule has 0 spiro atoms. The van der Waals surface area contributed by atoms with Crippen molar-refractivity contribution in [2.45, 2.75) is 39.2 Å². The normalized spacial score (nSPS) is 17.3. The number of para-hydroxylation sites is 1. The summed E-state index contributed by atoms with van der Waals surface area (Å²) in [6.45, 7) is 4.02. The number of nitrogens with zero attached hydrogens (tertiary/aromatic N) is 3. The Labute approximate surface area is 196 Å². The predicted octanol–water partition coefficient (Wildman–Crippen LogP) is 4.27. The summed E-state index contributed by atoms with van der Waals surface area (Å²) in [5.74, 6) is 0.0930. The maximum absolute atomic E-state index is 14.5. The number of benzene rings is 2. The third kappa shape index (κ3) is 3.93. The lowest BCUT2D eigenvalue weighted by atomic mass is 10.1. The summed E-state index contributed by atoms with van der Waals surface area (Å²) in [5, 5.41) is 7.51. The quantitative estimate of drug-likeness (QED) is 0.626. The summed E-state index contributed by atoms with van der Waals surface area (Å²) in [7, 11) is 0. The SMILES string of the molecule is Cc1ccc(NC(=O)C2CSCN2C(=O)c2nn(-c3ccccc3F)c3c2CCC3)cc1C. The Hall–Kier alpha value is -3.13. The van der Waals surface area contributed by atoms with E-state index in [1.165, 1.54) is 6.07 Å². The van der Waals surface area contributed by atoms with Gasteiger partial charge in [-0.1, -0.05) is 18.2 Å². The number of amides is 2. The van der Waals surface area contributed by atoms with Gasteiger partial charge in [-0.25, -0.2) is 9.07 Å². The molecule has 1 aromatic heterocycles. The molecule has 1 fully saturated rings. The zero-order valence-electron chi connectivity index (χ0n) is 18.6.